The Morgan fingerprint density at radius 1 is 1.22 bits per heavy atom. The highest BCUT2D eigenvalue weighted by molar-refractivity contribution is 6.22. The van der Waals surface area contributed by atoms with E-state index in [9.17, 15) is 14.4 Å². The Kier molecular flexibility index (Phi) is 4.40. The highest BCUT2D eigenvalue weighted by Crippen LogP contribution is 2.22. The van der Waals surface area contributed by atoms with Crippen molar-refractivity contribution in [1.29, 1.82) is 0 Å². The number of nitrogens with zero attached hydrogens (tertiary/aromatic N) is 2. The summed E-state index contributed by atoms with van der Waals surface area (Å²) in [6.07, 6.45) is -0.181. The molecule has 0 spiro atoms. The molecule has 0 aliphatic carbocycles. The summed E-state index contributed by atoms with van der Waals surface area (Å²) < 4.78 is 10.8. The van der Waals surface area contributed by atoms with Crippen molar-refractivity contribution in [2.24, 2.45) is 0 Å². The second-order valence-corrected chi connectivity index (χ2v) is 5.58. The number of likely N-dealkylation sites (N-methyl/N-ethyl adjacent to an activating group) is 1. The van der Waals surface area contributed by atoms with E-state index < -0.39 is 11.8 Å². The third kappa shape index (κ3) is 3.11. The molecule has 2 aliphatic rings. The highest BCUT2D eigenvalue weighted by Gasteiger charge is 2.36. The minimum absolute atomic E-state index is 0.181. The second-order valence-electron chi connectivity index (χ2n) is 5.58. The molecule has 2 heterocycles. The summed E-state index contributed by atoms with van der Waals surface area (Å²) in [6.45, 7) is 1.59. The predicted molar refractivity (Wildman–Crippen MR) is 80.0 cm³/mol. The van der Waals surface area contributed by atoms with Gasteiger partial charge in [-0.3, -0.25) is 19.3 Å². The van der Waals surface area contributed by atoms with Crippen molar-refractivity contribution in [3.8, 4) is 0 Å². The maximum Gasteiger partial charge on any atom is 0.262 e. The van der Waals surface area contributed by atoms with Gasteiger partial charge in [0.05, 0.1) is 37.1 Å². The molecule has 1 atom stereocenters. The fraction of sp³-hybridized carbons (Fsp3) is 0.438. The van der Waals surface area contributed by atoms with Gasteiger partial charge in [0.15, 0.2) is 0 Å². The molecule has 0 bridgehead atoms. The molecule has 2 aliphatic heterocycles. The number of carbonyl (C=O) groups is 3. The summed E-state index contributed by atoms with van der Waals surface area (Å²) >= 11 is 0. The number of rotatable bonds is 4. The molecule has 0 saturated carbocycles. The number of fused-ring (bicyclic) bond motifs is 1. The summed E-state index contributed by atoms with van der Waals surface area (Å²) in [6, 6.07) is 6.58. The molecule has 0 N–H and O–H groups in total. The van der Waals surface area contributed by atoms with Crippen LogP contribution < -0.4 is 0 Å². The van der Waals surface area contributed by atoms with E-state index in [-0.39, 0.29) is 18.6 Å². The number of imide groups is 1. The third-order valence-electron chi connectivity index (χ3n) is 3.96. The zero-order valence-corrected chi connectivity index (χ0v) is 12.9. The van der Waals surface area contributed by atoms with Gasteiger partial charge in [0, 0.05) is 13.6 Å². The number of benzene rings is 1. The smallest absolute Gasteiger partial charge is 0.262 e. The number of amides is 3. The Bertz CT molecular complexity index is 604. The van der Waals surface area contributed by atoms with E-state index >= 15 is 0 Å². The number of ether oxygens (including phenoxy) is 2. The second kappa shape index (κ2) is 6.47. The lowest BCUT2D eigenvalue weighted by Gasteiger charge is -2.28. The Morgan fingerprint density at radius 2 is 1.87 bits per heavy atom. The van der Waals surface area contributed by atoms with Gasteiger partial charge < -0.3 is 14.4 Å². The molecule has 1 aromatic carbocycles. The predicted octanol–water partition coefficient (Wildman–Crippen LogP) is 0.156. The van der Waals surface area contributed by atoms with E-state index in [4.69, 9.17) is 9.47 Å². The number of hydrogen-bond donors (Lipinski definition) is 0. The monoisotopic (exact) mass is 318 g/mol. The molecule has 1 unspecified atom stereocenters. The van der Waals surface area contributed by atoms with Gasteiger partial charge in [-0.25, -0.2) is 0 Å². The van der Waals surface area contributed by atoms with Crippen LogP contribution in [0.4, 0.5) is 0 Å². The van der Waals surface area contributed by atoms with Crippen molar-refractivity contribution >= 4 is 17.7 Å². The maximum absolute atomic E-state index is 12.3. The Balaban J connectivity index is 1.62. The van der Waals surface area contributed by atoms with E-state index in [2.05, 4.69) is 0 Å². The van der Waals surface area contributed by atoms with Crippen LogP contribution >= 0.6 is 0 Å². The summed E-state index contributed by atoms with van der Waals surface area (Å²) in [4.78, 5) is 39.2. The lowest BCUT2D eigenvalue weighted by Crippen LogP contribution is -2.45. The molecule has 3 amide bonds. The van der Waals surface area contributed by atoms with Crippen LogP contribution in [0.2, 0.25) is 0 Å². The Hall–Kier alpha value is -2.25. The van der Waals surface area contributed by atoms with Gasteiger partial charge in [-0.1, -0.05) is 12.1 Å². The fourth-order valence-electron chi connectivity index (χ4n) is 2.69. The van der Waals surface area contributed by atoms with Crippen LogP contribution in [0.5, 0.6) is 0 Å². The van der Waals surface area contributed by atoms with Crippen LogP contribution in [-0.2, 0) is 14.3 Å². The first-order chi connectivity index (χ1) is 11.1. The van der Waals surface area contributed by atoms with E-state index in [1.165, 1.54) is 4.90 Å². The standard InChI is InChI=1S/C16H18N2O5/c1-17(8-11-10-22-6-7-23-11)14(19)9-18-15(20)12-4-2-3-5-13(12)16(18)21/h2-5,11H,6-10H2,1H3. The van der Waals surface area contributed by atoms with Gasteiger partial charge in [-0.05, 0) is 12.1 Å². The first-order valence-corrected chi connectivity index (χ1v) is 7.46. The van der Waals surface area contributed by atoms with Gasteiger partial charge in [0.2, 0.25) is 5.91 Å². The molecule has 0 radical (unpaired) electrons. The molecule has 1 aromatic rings. The molecular formula is C16H18N2O5. The van der Waals surface area contributed by atoms with E-state index in [1.807, 2.05) is 0 Å². The topological polar surface area (TPSA) is 76.2 Å². The molecule has 23 heavy (non-hydrogen) atoms. The SMILES string of the molecule is CN(CC1COCCO1)C(=O)CN1C(=O)c2ccccc2C1=O. The zero-order valence-electron chi connectivity index (χ0n) is 12.9. The average molecular weight is 318 g/mol. The van der Waals surface area contributed by atoms with Gasteiger partial charge >= 0.3 is 0 Å². The first-order valence-electron chi connectivity index (χ1n) is 7.46. The van der Waals surface area contributed by atoms with Crippen molar-refractivity contribution < 1.29 is 23.9 Å². The minimum atomic E-state index is -0.426. The molecular weight excluding hydrogens is 300 g/mol. The lowest BCUT2D eigenvalue weighted by atomic mass is 10.1. The molecule has 1 fully saturated rings. The molecule has 3 rings (SSSR count). The van der Waals surface area contributed by atoms with Crippen molar-refractivity contribution in [2.45, 2.75) is 6.10 Å². The maximum atomic E-state index is 12.3. The van der Waals surface area contributed by atoms with Crippen LogP contribution in [0, 0.1) is 0 Å². The number of carbonyl (C=O) groups excluding carboxylic acids is 3. The number of hydrogen-bond acceptors (Lipinski definition) is 5. The van der Waals surface area contributed by atoms with Crippen molar-refractivity contribution in [1.82, 2.24) is 9.80 Å². The van der Waals surface area contributed by atoms with Crippen LogP contribution in [-0.4, -0.2) is 73.6 Å². The molecule has 0 aromatic heterocycles. The van der Waals surface area contributed by atoms with Gasteiger partial charge in [-0.2, -0.15) is 0 Å². The third-order valence-corrected chi connectivity index (χ3v) is 3.96. The van der Waals surface area contributed by atoms with Crippen molar-refractivity contribution in [3.63, 3.8) is 0 Å². The zero-order chi connectivity index (χ0) is 16.4. The van der Waals surface area contributed by atoms with Crippen LogP contribution in [0.1, 0.15) is 20.7 Å². The summed E-state index contributed by atoms with van der Waals surface area (Å²) in [7, 11) is 1.62. The quantitative estimate of drug-likeness (QED) is 0.739. The molecule has 122 valence electrons. The Morgan fingerprint density at radius 3 is 2.43 bits per heavy atom. The van der Waals surface area contributed by atoms with Gasteiger partial charge in [-0.15, -0.1) is 0 Å². The first kappa shape index (κ1) is 15.6. The van der Waals surface area contributed by atoms with Crippen LogP contribution in [0.25, 0.3) is 0 Å². The van der Waals surface area contributed by atoms with E-state index in [0.717, 1.165) is 4.90 Å². The fourth-order valence-corrected chi connectivity index (χ4v) is 2.69. The van der Waals surface area contributed by atoms with Gasteiger partial charge in [0.1, 0.15) is 6.54 Å². The van der Waals surface area contributed by atoms with Crippen molar-refractivity contribution in [3.05, 3.63) is 35.4 Å². The van der Waals surface area contributed by atoms with Crippen LogP contribution in [0.3, 0.4) is 0 Å². The van der Waals surface area contributed by atoms with Crippen molar-refractivity contribution in [2.75, 3.05) is 40.0 Å². The summed E-state index contributed by atoms with van der Waals surface area (Å²) in [5, 5.41) is 0. The normalized spacial score (nSPS) is 20.6. The van der Waals surface area contributed by atoms with Gasteiger partial charge in [0.25, 0.3) is 11.8 Å². The summed E-state index contributed by atoms with van der Waals surface area (Å²) in [5.74, 6) is -1.16. The minimum Gasteiger partial charge on any atom is -0.376 e. The molecule has 7 nitrogen and oxygen atoms in total. The molecule has 7 heteroatoms. The molecule has 1 saturated heterocycles. The largest absolute Gasteiger partial charge is 0.376 e. The summed E-state index contributed by atoms with van der Waals surface area (Å²) in [5.41, 5.74) is 0.689. The van der Waals surface area contributed by atoms with Crippen LogP contribution in [0.15, 0.2) is 24.3 Å². The Labute approximate surface area is 133 Å². The van der Waals surface area contributed by atoms with E-state index in [1.54, 1.807) is 31.3 Å². The lowest BCUT2D eigenvalue weighted by molar-refractivity contribution is -0.136. The highest BCUT2D eigenvalue weighted by atomic mass is 16.6. The van der Waals surface area contributed by atoms with E-state index in [0.29, 0.717) is 37.5 Å². The average Bonchev–Trinajstić information content (AvgIpc) is 2.81.